The number of benzene rings is 1. The summed E-state index contributed by atoms with van der Waals surface area (Å²) in [7, 11) is 0. The van der Waals surface area contributed by atoms with Crippen molar-refractivity contribution in [3.05, 3.63) is 42.5 Å². The number of nitrogens with one attached hydrogen (secondary N) is 1. The zero-order valence-electron chi connectivity index (χ0n) is 11.3. The Bertz CT molecular complexity index is 333. The largest absolute Gasteiger partial charge is 0.491 e. The molecule has 0 atom stereocenters. The predicted octanol–water partition coefficient (Wildman–Crippen LogP) is 2.77. The second kappa shape index (κ2) is 8.72. The van der Waals surface area contributed by atoms with Crippen LogP contribution in [0.4, 0.5) is 0 Å². The zero-order chi connectivity index (χ0) is 13.2. The second-order valence-electron chi connectivity index (χ2n) is 4.39. The lowest BCUT2D eigenvalue weighted by molar-refractivity contribution is 0.121. The van der Waals surface area contributed by atoms with Gasteiger partial charge in [-0.2, -0.15) is 0 Å². The van der Waals surface area contributed by atoms with Crippen LogP contribution in [0, 0.1) is 0 Å². The molecule has 0 saturated heterocycles. The topological polar surface area (TPSA) is 30.5 Å². The van der Waals surface area contributed by atoms with Gasteiger partial charge in [0.2, 0.25) is 0 Å². The van der Waals surface area contributed by atoms with E-state index in [0.717, 1.165) is 12.3 Å². The van der Waals surface area contributed by atoms with Crippen LogP contribution in [0.15, 0.2) is 36.9 Å². The fourth-order valence-corrected chi connectivity index (χ4v) is 1.41. The standard InChI is InChI=1S/C15H23NO2/c1-4-9-17-10-11-18-15-7-5-14(6-8-15)12-16-13(2)3/h4-8,13,16H,1,9-12H2,2-3H3. The lowest BCUT2D eigenvalue weighted by Gasteiger charge is -2.09. The van der Waals surface area contributed by atoms with Gasteiger partial charge in [0.1, 0.15) is 12.4 Å². The minimum Gasteiger partial charge on any atom is -0.491 e. The number of hydrogen-bond acceptors (Lipinski definition) is 3. The van der Waals surface area contributed by atoms with E-state index in [2.05, 4.69) is 37.9 Å². The van der Waals surface area contributed by atoms with Crippen molar-refractivity contribution in [3.8, 4) is 5.75 Å². The molecular formula is C15H23NO2. The molecule has 0 fully saturated rings. The van der Waals surface area contributed by atoms with Crippen LogP contribution >= 0.6 is 0 Å². The molecule has 1 aromatic carbocycles. The molecule has 0 bridgehead atoms. The van der Waals surface area contributed by atoms with Crippen LogP contribution in [0.25, 0.3) is 0 Å². The van der Waals surface area contributed by atoms with E-state index in [1.54, 1.807) is 6.08 Å². The maximum Gasteiger partial charge on any atom is 0.119 e. The Morgan fingerprint density at radius 1 is 1.22 bits per heavy atom. The summed E-state index contributed by atoms with van der Waals surface area (Å²) in [5, 5.41) is 3.38. The molecule has 1 aromatic rings. The van der Waals surface area contributed by atoms with Gasteiger partial charge in [0.05, 0.1) is 13.2 Å². The summed E-state index contributed by atoms with van der Waals surface area (Å²) in [6.45, 7) is 10.5. The van der Waals surface area contributed by atoms with Crippen molar-refractivity contribution < 1.29 is 9.47 Å². The normalized spacial score (nSPS) is 10.6. The first-order chi connectivity index (χ1) is 8.72. The van der Waals surface area contributed by atoms with Gasteiger partial charge in [-0.3, -0.25) is 0 Å². The Kier molecular flexibility index (Phi) is 7.14. The van der Waals surface area contributed by atoms with Gasteiger partial charge >= 0.3 is 0 Å². The van der Waals surface area contributed by atoms with E-state index in [1.165, 1.54) is 5.56 Å². The molecule has 0 amide bonds. The summed E-state index contributed by atoms with van der Waals surface area (Å²) < 4.78 is 10.8. The fraction of sp³-hybridized carbons (Fsp3) is 0.467. The highest BCUT2D eigenvalue weighted by atomic mass is 16.5. The third-order valence-corrected chi connectivity index (χ3v) is 2.37. The number of ether oxygens (including phenoxy) is 2. The third-order valence-electron chi connectivity index (χ3n) is 2.37. The zero-order valence-corrected chi connectivity index (χ0v) is 11.3. The van der Waals surface area contributed by atoms with Crippen LogP contribution in [0.1, 0.15) is 19.4 Å². The predicted molar refractivity (Wildman–Crippen MR) is 74.9 cm³/mol. The Morgan fingerprint density at radius 3 is 2.56 bits per heavy atom. The smallest absolute Gasteiger partial charge is 0.119 e. The molecule has 100 valence electrons. The molecule has 0 unspecified atom stereocenters. The van der Waals surface area contributed by atoms with E-state index >= 15 is 0 Å². The van der Waals surface area contributed by atoms with E-state index in [-0.39, 0.29) is 0 Å². The molecule has 3 heteroatoms. The number of hydrogen-bond donors (Lipinski definition) is 1. The molecule has 0 aromatic heterocycles. The first kappa shape index (κ1) is 14.7. The van der Waals surface area contributed by atoms with Crippen molar-refractivity contribution in [2.75, 3.05) is 19.8 Å². The van der Waals surface area contributed by atoms with E-state index in [0.29, 0.717) is 25.9 Å². The highest BCUT2D eigenvalue weighted by molar-refractivity contribution is 5.27. The summed E-state index contributed by atoms with van der Waals surface area (Å²) in [5.74, 6) is 0.880. The average molecular weight is 249 g/mol. The second-order valence-corrected chi connectivity index (χ2v) is 4.39. The van der Waals surface area contributed by atoms with Gasteiger partial charge in [-0.05, 0) is 17.7 Å². The van der Waals surface area contributed by atoms with Gasteiger partial charge < -0.3 is 14.8 Å². The Labute approximate surface area is 110 Å². The van der Waals surface area contributed by atoms with Gasteiger partial charge in [0.25, 0.3) is 0 Å². The Hall–Kier alpha value is -1.32. The average Bonchev–Trinajstić information content (AvgIpc) is 2.37. The summed E-state index contributed by atoms with van der Waals surface area (Å²) in [5.41, 5.74) is 1.26. The molecule has 0 heterocycles. The first-order valence-electron chi connectivity index (χ1n) is 6.36. The third kappa shape index (κ3) is 6.42. The van der Waals surface area contributed by atoms with Crippen LogP contribution in [0.5, 0.6) is 5.75 Å². The molecule has 1 rings (SSSR count). The monoisotopic (exact) mass is 249 g/mol. The Balaban J connectivity index is 2.25. The molecule has 0 aliphatic carbocycles. The highest BCUT2D eigenvalue weighted by Crippen LogP contribution is 2.12. The minimum atomic E-state index is 0.503. The van der Waals surface area contributed by atoms with Gasteiger partial charge in [-0.1, -0.05) is 32.1 Å². The summed E-state index contributed by atoms with van der Waals surface area (Å²) in [6.07, 6.45) is 1.73. The van der Waals surface area contributed by atoms with Crippen molar-refractivity contribution in [1.82, 2.24) is 5.32 Å². The molecule has 0 aliphatic heterocycles. The molecule has 1 N–H and O–H groups in total. The summed E-state index contributed by atoms with van der Waals surface area (Å²) >= 11 is 0. The maximum atomic E-state index is 5.55. The van der Waals surface area contributed by atoms with Crippen molar-refractivity contribution >= 4 is 0 Å². The number of rotatable bonds is 9. The van der Waals surface area contributed by atoms with E-state index in [4.69, 9.17) is 9.47 Å². The Morgan fingerprint density at radius 2 is 1.94 bits per heavy atom. The van der Waals surface area contributed by atoms with Crippen molar-refractivity contribution in [2.45, 2.75) is 26.4 Å². The van der Waals surface area contributed by atoms with Crippen LogP contribution < -0.4 is 10.1 Å². The fourth-order valence-electron chi connectivity index (χ4n) is 1.41. The quantitative estimate of drug-likeness (QED) is 0.539. The summed E-state index contributed by atoms with van der Waals surface area (Å²) in [6, 6.07) is 8.64. The molecule has 18 heavy (non-hydrogen) atoms. The SMILES string of the molecule is C=CCOCCOc1ccc(CNC(C)C)cc1. The van der Waals surface area contributed by atoms with Gasteiger partial charge in [0, 0.05) is 12.6 Å². The van der Waals surface area contributed by atoms with Crippen LogP contribution in [0.3, 0.4) is 0 Å². The van der Waals surface area contributed by atoms with E-state index in [9.17, 15) is 0 Å². The van der Waals surface area contributed by atoms with Gasteiger partial charge in [-0.25, -0.2) is 0 Å². The lowest BCUT2D eigenvalue weighted by atomic mass is 10.2. The van der Waals surface area contributed by atoms with Crippen molar-refractivity contribution in [2.24, 2.45) is 0 Å². The lowest BCUT2D eigenvalue weighted by Crippen LogP contribution is -2.21. The first-order valence-corrected chi connectivity index (χ1v) is 6.36. The highest BCUT2D eigenvalue weighted by Gasteiger charge is 1.97. The molecule has 0 radical (unpaired) electrons. The van der Waals surface area contributed by atoms with Crippen LogP contribution in [-0.2, 0) is 11.3 Å². The summed E-state index contributed by atoms with van der Waals surface area (Å²) in [4.78, 5) is 0. The molecular weight excluding hydrogens is 226 g/mol. The van der Waals surface area contributed by atoms with Gasteiger partial charge in [-0.15, -0.1) is 6.58 Å². The minimum absolute atomic E-state index is 0.503. The molecule has 0 saturated carbocycles. The van der Waals surface area contributed by atoms with E-state index < -0.39 is 0 Å². The van der Waals surface area contributed by atoms with Crippen molar-refractivity contribution in [3.63, 3.8) is 0 Å². The van der Waals surface area contributed by atoms with E-state index in [1.807, 2.05) is 12.1 Å². The molecule has 0 spiro atoms. The van der Waals surface area contributed by atoms with Crippen molar-refractivity contribution in [1.29, 1.82) is 0 Å². The van der Waals surface area contributed by atoms with Crippen LogP contribution in [0.2, 0.25) is 0 Å². The molecule has 3 nitrogen and oxygen atoms in total. The molecule has 0 aliphatic rings. The maximum absolute atomic E-state index is 5.55. The van der Waals surface area contributed by atoms with Crippen LogP contribution in [-0.4, -0.2) is 25.9 Å². The van der Waals surface area contributed by atoms with Gasteiger partial charge in [0.15, 0.2) is 0 Å².